The van der Waals surface area contributed by atoms with E-state index in [1.54, 1.807) is 18.3 Å². The molecule has 3 nitrogen and oxygen atoms in total. The van der Waals surface area contributed by atoms with Gasteiger partial charge in [0.15, 0.2) is 0 Å². The van der Waals surface area contributed by atoms with Gasteiger partial charge in [-0.2, -0.15) is 0 Å². The first-order valence-electron chi connectivity index (χ1n) is 3.69. The van der Waals surface area contributed by atoms with Crippen LogP contribution in [0, 0.1) is 0 Å². The van der Waals surface area contributed by atoms with E-state index in [0.717, 1.165) is 5.39 Å². The molecule has 0 spiro atoms. The second-order valence-electron chi connectivity index (χ2n) is 2.35. The molecule has 2 rings (SSSR count). The van der Waals surface area contributed by atoms with E-state index in [2.05, 4.69) is 4.98 Å². The van der Waals surface area contributed by atoms with Crippen LogP contribution >= 0.6 is 0 Å². The number of phenolic OH excluding ortho intramolecular Hbond substituents is 1. The third kappa shape index (κ3) is 2.12. The van der Waals surface area contributed by atoms with Crippen LogP contribution in [0.3, 0.4) is 0 Å². The Kier molecular flexibility index (Phi) is 3.57. The van der Waals surface area contributed by atoms with Crippen molar-refractivity contribution in [1.29, 1.82) is 0 Å². The summed E-state index contributed by atoms with van der Waals surface area (Å²) in [4.78, 5) is 4.03. The Labute approximate surface area is 83.7 Å². The van der Waals surface area contributed by atoms with Crippen molar-refractivity contribution in [3.63, 3.8) is 0 Å². The summed E-state index contributed by atoms with van der Waals surface area (Å²) in [6, 6.07) is 9.13. The van der Waals surface area contributed by atoms with Crippen LogP contribution in [0.2, 0.25) is 0 Å². The quantitative estimate of drug-likeness (QED) is 0.633. The van der Waals surface area contributed by atoms with E-state index in [9.17, 15) is 5.11 Å². The molecular formula is C9H8AlNO2. The summed E-state index contributed by atoms with van der Waals surface area (Å²) >= 11 is 0.611. The molecule has 1 heterocycles. The minimum atomic E-state index is 0.239. The maximum atomic E-state index is 9.31. The van der Waals surface area contributed by atoms with Gasteiger partial charge in [-0.1, -0.05) is 18.2 Å². The second kappa shape index (κ2) is 4.71. The first-order chi connectivity index (χ1) is 6.38. The number of rotatable bonds is 0. The van der Waals surface area contributed by atoms with Gasteiger partial charge < -0.3 is 5.11 Å². The standard InChI is InChI=1S/C9H7NO.Al.O.H/c11-8-5-1-3-7-4-2-6-10-9(7)8;;;/h1-6,11H;;;. The van der Waals surface area contributed by atoms with E-state index >= 15 is 0 Å². The molecule has 0 saturated heterocycles. The van der Waals surface area contributed by atoms with Crippen LogP contribution in [0.1, 0.15) is 0 Å². The molecule has 0 aliphatic carbocycles. The molecule has 0 atom stereocenters. The van der Waals surface area contributed by atoms with Gasteiger partial charge >= 0.3 is 20.0 Å². The van der Waals surface area contributed by atoms with Gasteiger partial charge in [0.1, 0.15) is 11.3 Å². The molecule has 0 fully saturated rings. The van der Waals surface area contributed by atoms with Gasteiger partial charge in [-0.15, -0.1) is 0 Å². The summed E-state index contributed by atoms with van der Waals surface area (Å²) in [5, 5.41) is 10.3. The van der Waals surface area contributed by atoms with E-state index in [-0.39, 0.29) is 5.75 Å². The van der Waals surface area contributed by atoms with Crippen LogP contribution in [0.15, 0.2) is 36.5 Å². The van der Waals surface area contributed by atoms with Crippen LogP contribution in [0.4, 0.5) is 0 Å². The Hall–Kier alpha value is -1.24. The molecule has 1 N–H and O–H groups in total. The molecule has 0 radical (unpaired) electrons. The van der Waals surface area contributed by atoms with Gasteiger partial charge in [0, 0.05) is 11.6 Å². The van der Waals surface area contributed by atoms with Gasteiger partial charge in [0.25, 0.3) is 0 Å². The molecule has 0 bridgehead atoms. The second-order valence-corrected chi connectivity index (χ2v) is 2.35. The molecule has 0 unspecified atom stereocenters. The van der Waals surface area contributed by atoms with Crippen molar-refractivity contribution in [2.75, 3.05) is 0 Å². The summed E-state index contributed by atoms with van der Waals surface area (Å²) in [5.41, 5.74) is 0.662. The number of hydrogen-bond acceptors (Lipinski definition) is 3. The molecule has 0 aliphatic rings. The van der Waals surface area contributed by atoms with Gasteiger partial charge in [-0.3, -0.25) is 4.98 Å². The van der Waals surface area contributed by atoms with Crippen molar-refractivity contribution in [2.45, 2.75) is 0 Å². The van der Waals surface area contributed by atoms with E-state index in [4.69, 9.17) is 3.80 Å². The van der Waals surface area contributed by atoms with Crippen molar-refractivity contribution in [2.24, 2.45) is 0 Å². The number of benzene rings is 1. The molecule has 1 aromatic heterocycles. The monoisotopic (exact) mass is 189 g/mol. The van der Waals surface area contributed by atoms with E-state index in [1.165, 1.54) is 0 Å². The van der Waals surface area contributed by atoms with Gasteiger partial charge in [-0.05, 0) is 12.1 Å². The summed E-state index contributed by atoms with van der Waals surface area (Å²) in [6.07, 6.45) is 1.67. The fourth-order valence-corrected chi connectivity index (χ4v) is 1.09. The molecule has 2 aromatic rings. The molecule has 0 saturated carbocycles. The summed E-state index contributed by atoms with van der Waals surface area (Å²) in [5.74, 6) is 0.239. The number of phenols is 1. The van der Waals surface area contributed by atoms with Gasteiger partial charge in [0.05, 0.1) is 0 Å². The zero-order valence-electron chi connectivity index (χ0n) is 6.97. The van der Waals surface area contributed by atoms with Crippen LogP contribution in [0.25, 0.3) is 10.9 Å². The van der Waals surface area contributed by atoms with Crippen molar-refractivity contribution in [3.8, 4) is 5.75 Å². The average Bonchev–Trinajstić information content (AvgIpc) is 2.22. The SMILES string of the molecule is Oc1cccc2cccnc12.[O]=[AlH]. The van der Waals surface area contributed by atoms with Crippen molar-refractivity contribution >= 4 is 27.1 Å². The van der Waals surface area contributed by atoms with Gasteiger partial charge in [-0.25, -0.2) is 0 Å². The number of nitrogens with zero attached hydrogens (tertiary/aromatic N) is 1. The fraction of sp³-hybridized carbons (Fsp3) is 0. The number of fused-ring (bicyclic) bond motifs is 1. The summed E-state index contributed by atoms with van der Waals surface area (Å²) in [6.45, 7) is 0. The van der Waals surface area contributed by atoms with Crippen LogP contribution in [0.5, 0.6) is 5.75 Å². The topological polar surface area (TPSA) is 50.2 Å². The van der Waals surface area contributed by atoms with Crippen LogP contribution in [-0.4, -0.2) is 26.3 Å². The first-order valence-corrected chi connectivity index (χ1v) is 4.27. The first kappa shape index (κ1) is 9.85. The molecule has 13 heavy (non-hydrogen) atoms. The van der Waals surface area contributed by atoms with Crippen molar-refractivity contribution in [1.82, 2.24) is 4.98 Å². The Morgan fingerprint density at radius 2 is 1.85 bits per heavy atom. The molecule has 0 amide bonds. The Balaban J connectivity index is 0.000000396. The average molecular weight is 189 g/mol. The van der Waals surface area contributed by atoms with E-state index in [1.807, 2.05) is 18.2 Å². The summed E-state index contributed by atoms with van der Waals surface area (Å²) < 4.78 is 8.28. The zero-order valence-corrected chi connectivity index (χ0v) is 8.39. The number of para-hydroxylation sites is 1. The Bertz CT molecular complexity index is 400. The Morgan fingerprint density at radius 3 is 2.54 bits per heavy atom. The van der Waals surface area contributed by atoms with E-state index < -0.39 is 0 Å². The normalized spacial score (nSPS) is 8.85. The zero-order chi connectivity index (χ0) is 9.68. The minimum absolute atomic E-state index is 0.239. The van der Waals surface area contributed by atoms with Crippen molar-refractivity contribution in [3.05, 3.63) is 36.5 Å². The van der Waals surface area contributed by atoms with Crippen LogP contribution in [-0.2, 0) is 3.80 Å². The summed E-state index contributed by atoms with van der Waals surface area (Å²) in [7, 11) is 0. The predicted octanol–water partition coefficient (Wildman–Crippen LogP) is 1.17. The number of pyridine rings is 1. The van der Waals surface area contributed by atoms with Crippen molar-refractivity contribution < 1.29 is 8.91 Å². The third-order valence-corrected chi connectivity index (χ3v) is 1.61. The number of aromatic nitrogens is 1. The number of hydrogen-bond donors (Lipinski definition) is 1. The molecule has 4 heteroatoms. The van der Waals surface area contributed by atoms with E-state index in [0.29, 0.717) is 21.7 Å². The Morgan fingerprint density at radius 1 is 1.15 bits per heavy atom. The van der Waals surface area contributed by atoms with Crippen LogP contribution < -0.4 is 0 Å². The fourth-order valence-electron chi connectivity index (χ4n) is 1.09. The molecule has 64 valence electrons. The third-order valence-electron chi connectivity index (χ3n) is 1.61. The molecule has 1 aromatic carbocycles. The predicted molar refractivity (Wildman–Crippen MR) is 51.2 cm³/mol. The molecular weight excluding hydrogens is 181 g/mol. The maximum absolute atomic E-state index is 9.31. The van der Waals surface area contributed by atoms with Gasteiger partial charge in [0.2, 0.25) is 0 Å². The molecule has 0 aliphatic heterocycles. The number of aromatic hydroxyl groups is 1.